The molecule has 0 radical (unpaired) electrons. The molecule has 3 heteroatoms. The zero-order valence-electron chi connectivity index (χ0n) is 10.8. The van der Waals surface area contributed by atoms with Gasteiger partial charge in [-0.25, -0.2) is 0 Å². The molecule has 1 heterocycles. The van der Waals surface area contributed by atoms with Crippen LogP contribution in [0.25, 0.3) is 0 Å². The summed E-state index contributed by atoms with van der Waals surface area (Å²) >= 11 is 0. The lowest BCUT2D eigenvalue weighted by Crippen LogP contribution is -2.41. The molecule has 0 spiro atoms. The third kappa shape index (κ3) is 4.09. The molecular formula is C12H27N3. The lowest BCUT2D eigenvalue weighted by molar-refractivity contribution is 0.182. The summed E-state index contributed by atoms with van der Waals surface area (Å²) in [5.41, 5.74) is 0. The van der Waals surface area contributed by atoms with E-state index < -0.39 is 0 Å². The van der Waals surface area contributed by atoms with Crippen LogP contribution in [0.2, 0.25) is 0 Å². The zero-order chi connectivity index (χ0) is 11.3. The summed E-state index contributed by atoms with van der Waals surface area (Å²) in [6.45, 7) is 10.7. The molecule has 0 aromatic heterocycles. The van der Waals surface area contributed by atoms with Crippen molar-refractivity contribution in [1.82, 2.24) is 15.1 Å². The molecule has 0 bridgehead atoms. The number of nitrogens with one attached hydrogen (secondary N) is 1. The van der Waals surface area contributed by atoms with Gasteiger partial charge in [-0.1, -0.05) is 13.8 Å². The highest BCUT2D eigenvalue weighted by Gasteiger charge is 2.24. The number of rotatable bonds is 4. The average Bonchev–Trinajstić information content (AvgIpc) is 2.33. The second kappa shape index (κ2) is 6.46. The SMILES string of the molecule is CCN1CC(C)CN(C)CC1CCNC. The second-order valence-corrected chi connectivity index (χ2v) is 4.96. The van der Waals surface area contributed by atoms with Crippen LogP contribution in [0, 0.1) is 5.92 Å². The van der Waals surface area contributed by atoms with Gasteiger partial charge in [0.15, 0.2) is 0 Å². The van der Waals surface area contributed by atoms with E-state index in [1.165, 1.54) is 32.6 Å². The van der Waals surface area contributed by atoms with E-state index in [1.807, 2.05) is 7.05 Å². The van der Waals surface area contributed by atoms with Crippen LogP contribution in [0.3, 0.4) is 0 Å². The standard InChI is InChI=1S/C12H27N3/c1-5-15-9-11(2)8-14(4)10-12(15)6-7-13-3/h11-13H,5-10H2,1-4H3. The van der Waals surface area contributed by atoms with Crippen molar-refractivity contribution in [1.29, 1.82) is 0 Å². The predicted molar refractivity (Wildman–Crippen MR) is 66.2 cm³/mol. The lowest BCUT2D eigenvalue weighted by atomic mass is 10.1. The van der Waals surface area contributed by atoms with Crippen molar-refractivity contribution in [3.8, 4) is 0 Å². The van der Waals surface area contributed by atoms with Crippen molar-refractivity contribution in [2.75, 3.05) is 46.8 Å². The summed E-state index contributed by atoms with van der Waals surface area (Å²) < 4.78 is 0. The minimum atomic E-state index is 0.734. The van der Waals surface area contributed by atoms with Crippen LogP contribution in [-0.2, 0) is 0 Å². The van der Waals surface area contributed by atoms with Gasteiger partial charge in [0.25, 0.3) is 0 Å². The van der Waals surface area contributed by atoms with Crippen molar-refractivity contribution < 1.29 is 0 Å². The van der Waals surface area contributed by atoms with Gasteiger partial charge in [0.1, 0.15) is 0 Å². The van der Waals surface area contributed by atoms with E-state index in [2.05, 4.69) is 36.0 Å². The second-order valence-electron chi connectivity index (χ2n) is 4.96. The maximum Gasteiger partial charge on any atom is 0.0235 e. The largest absolute Gasteiger partial charge is 0.320 e. The Hall–Kier alpha value is -0.120. The Kier molecular flexibility index (Phi) is 5.58. The molecular weight excluding hydrogens is 186 g/mol. The Bertz CT molecular complexity index is 172. The molecule has 1 N–H and O–H groups in total. The first-order valence-electron chi connectivity index (χ1n) is 6.24. The van der Waals surface area contributed by atoms with Crippen molar-refractivity contribution in [2.45, 2.75) is 26.3 Å². The smallest absolute Gasteiger partial charge is 0.0235 e. The Balaban J connectivity index is 2.54. The van der Waals surface area contributed by atoms with Gasteiger partial charge in [-0.3, -0.25) is 4.90 Å². The van der Waals surface area contributed by atoms with Crippen molar-refractivity contribution >= 4 is 0 Å². The first kappa shape index (κ1) is 12.9. The average molecular weight is 213 g/mol. The van der Waals surface area contributed by atoms with Crippen LogP contribution in [0.4, 0.5) is 0 Å². The lowest BCUT2D eigenvalue weighted by Gasteiger charge is -2.30. The minimum absolute atomic E-state index is 0.734. The van der Waals surface area contributed by atoms with E-state index >= 15 is 0 Å². The molecule has 3 nitrogen and oxygen atoms in total. The molecule has 15 heavy (non-hydrogen) atoms. The zero-order valence-corrected chi connectivity index (χ0v) is 10.8. The fraction of sp³-hybridized carbons (Fsp3) is 1.00. The molecule has 1 aliphatic rings. The molecule has 0 aliphatic carbocycles. The maximum atomic E-state index is 3.26. The highest BCUT2D eigenvalue weighted by molar-refractivity contribution is 4.81. The summed E-state index contributed by atoms with van der Waals surface area (Å²) in [5.74, 6) is 0.800. The fourth-order valence-electron chi connectivity index (χ4n) is 2.66. The van der Waals surface area contributed by atoms with Crippen LogP contribution in [0.15, 0.2) is 0 Å². The van der Waals surface area contributed by atoms with Gasteiger partial charge in [0.2, 0.25) is 0 Å². The Morgan fingerprint density at radius 3 is 2.60 bits per heavy atom. The summed E-state index contributed by atoms with van der Waals surface area (Å²) in [7, 11) is 4.29. The van der Waals surface area contributed by atoms with Crippen LogP contribution in [0.5, 0.6) is 0 Å². The highest BCUT2D eigenvalue weighted by atomic mass is 15.2. The molecule has 0 aromatic rings. The number of hydrogen-bond donors (Lipinski definition) is 1. The van der Waals surface area contributed by atoms with E-state index in [4.69, 9.17) is 0 Å². The van der Waals surface area contributed by atoms with Crippen molar-refractivity contribution in [3.63, 3.8) is 0 Å². The van der Waals surface area contributed by atoms with Crippen LogP contribution in [-0.4, -0.2) is 62.7 Å². The quantitative estimate of drug-likeness (QED) is 0.747. The third-order valence-electron chi connectivity index (χ3n) is 3.34. The van der Waals surface area contributed by atoms with Gasteiger partial charge in [0, 0.05) is 25.7 Å². The normalized spacial score (nSPS) is 30.4. The predicted octanol–water partition coefficient (Wildman–Crippen LogP) is 0.868. The molecule has 1 fully saturated rings. The number of hydrogen-bond acceptors (Lipinski definition) is 3. The Morgan fingerprint density at radius 2 is 2.00 bits per heavy atom. The van der Waals surface area contributed by atoms with Crippen LogP contribution in [0.1, 0.15) is 20.3 Å². The first-order chi connectivity index (χ1) is 7.17. The first-order valence-corrected chi connectivity index (χ1v) is 6.24. The van der Waals surface area contributed by atoms with Gasteiger partial charge >= 0.3 is 0 Å². The van der Waals surface area contributed by atoms with Crippen LogP contribution < -0.4 is 5.32 Å². The summed E-state index contributed by atoms with van der Waals surface area (Å²) in [6, 6.07) is 0.734. The van der Waals surface area contributed by atoms with Gasteiger partial charge in [0.05, 0.1) is 0 Å². The maximum absolute atomic E-state index is 3.26. The molecule has 1 saturated heterocycles. The molecule has 90 valence electrons. The Labute approximate surface area is 94.8 Å². The molecule has 0 aromatic carbocycles. The van der Waals surface area contributed by atoms with E-state index in [-0.39, 0.29) is 0 Å². The summed E-state index contributed by atoms with van der Waals surface area (Å²) in [6.07, 6.45) is 1.27. The van der Waals surface area contributed by atoms with Gasteiger partial charge < -0.3 is 10.2 Å². The minimum Gasteiger partial charge on any atom is -0.320 e. The fourth-order valence-corrected chi connectivity index (χ4v) is 2.66. The summed E-state index contributed by atoms with van der Waals surface area (Å²) in [4.78, 5) is 5.13. The highest BCUT2D eigenvalue weighted by Crippen LogP contribution is 2.14. The topological polar surface area (TPSA) is 18.5 Å². The van der Waals surface area contributed by atoms with E-state index in [1.54, 1.807) is 0 Å². The van der Waals surface area contributed by atoms with E-state index in [9.17, 15) is 0 Å². The van der Waals surface area contributed by atoms with Gasteiger partial charge in [-0.05, 0) is 39.5 Å². The molecule has 1 aliphatic heterocycles. The van der Waals surface area contributed by atoms with Crippen LogP contribution >= 0.6 is 0 Å². The van der Waals surface area contributed by atoms with Crippen molar-refractivity contribution in [2.24, 2.45) is 5.92 Å². The Morgan fingerprint density at radius 1 is 1.27 bits per heavy atom. The number of nitrogens with zero attached hydrogens (tertiary/aromatic N) is 2. The molecule has 1 rings (SSSR count). The molecule has 0 saturated carbocycles. The van der Waals surface area contributed by atoms with Crippen molar-refractivity contribution in [3.05, 3.63) is 0 Å². The molecule has 0 amide bonds. The summed E-state index contributed by atoms with van der Waals surface area (Å²) in [5, 5.41) is 3.26. The van der Waals surface area contributed by atoms with E-state index in [0.29, 0.717) is 0 Å². The monoisotopic (exact) mass is 213 g/mol. The number of likely N-dealkylation sites (N-methyl/N-ethyl adjacent to an activating group) is 2. The van der Waals surface area contributed by atoms with Gasteiger partial charge in [-0.2, -0.15) is 0 Å². The van der Waals surface area contributed by atoms with E-state index in [0.717, 1.165) is 18.5 Å². The third-order valence-corrected chi connectivity index (χ3v) is 3.34. The molecule has 2 unspecified atom stereocenters. The van der Waals surface area contributed by atoms with Gasteiger partial charge in [-0.15, -0.1) is 0 Å². The molecule has 2 atom stereocenters.